The van der Waals surface area contributed by atoms with Gasteiger partial charge in [-0.3, -0.25) is 0 Å². The van der Waals surface area contributed by atoms with E-state index in [4.69, 9.17) is 33.9 Å². The van der Waals surface area contributed by atoms with Crippen LogP contribution < -0.4 is 9.47 Å². The fourth-order valence-electron chi connectivity index (χ4n) is 1.25. The van der Waals surface area contributed by atoms with E-state index in [1.807, 2.05) is 0 Å². The van der Waals surface area contributed by atoms with Gasteiger partial charge in [0.05, 0.1) is 13.2 Å². The van der Waals surface area contributed by atoms with Crippen molar-refractivity contribution in [2.24, 2.45) is 0 Å². The predicted octanol–water partition coefficient (Wildman–Crippen LogP) is 4.38. The van der Waals surface area contributed by atoms with Crippen molar-refractivity contribution in [3.05, 3.63) is 9.02 Å². The number of unbranched alkanes of at least 4 members (excludes halogenated alkanes) is 2. The van der Waals surface area contributed by atoms with Gasteiger partial charge in [-0.2, -0.15) is 0 Å². The molecule has 0 unspecified atom stereocenters. The van der Waals surface area contributed by atoms with Crippen molar-refractivity contribution in [3.8, 4) is 11.5 Å². The maximum absolute atomic E-state index is 5.57. The van der Waals surface area contributed by atoms with Gasteiger partial charge < -0.3 is 9.47 Å². The van der Waals surface area contributed by atoms with Crippen molar-refractivity contribution in [1.82, 2.24) is 0 Å². The standard InChI is InChI=1S/C12H18O2S2/c1-3-5-7-13-9-10(12(16)11(9)15)14-8-6-4-2/h3-8H2,1-2H3. The molecule has 2 nitrogen and oxygen atoms in total. The zero-order valence-electron chi connectivity index (χ0n) is 9.88. The van der Waals surface area contributed by atoms with Crippen molar-refractivity contribution in [1.29, 1.82) is 0 Å². The topological polar surface area (TPSA) is 18.5 Å². The van der Waals surface area contributed by atoms with Gasteiger partial charge in [-0.05, 0) is 12.8 Å². The SMILES string of the molecule is CCCCOc1c(OCCCC)c(=S)c1=S. The van der Waals surface area contributed by atoms with Gasteiger partial charge in [-0.25, -0.2) is 0 Å². The molecule has 1 aromatic carbocycles. The van der Waals surface area contributed by atoms with Gasteiger partial charge >= 0.3 is 0 Å². The Bertz CT molecular complexity index is 354. The Hall–Kier alpha value is -0.480. The summed E-state index contributed by atoms with van der Waals surface area (Å²) in [5.41, 5.74) is 0. The summed E-state index contributed by atoms with van der Waals surface area (Å²) in [7, 11) is 0. The summed E-state index contributed by atoms with van der Waals surface area (Å²) in [6.45, 7) is 5.63. The summed E-state index contributed by atoms with van der Waals surface area (Å²) in [5.74, 6) is 1.40. The summed E-state index contributed by atoms with van der Waals surface area (Å²) in [5, 5.41) is 0. The summed E-state index contributed by atoms with van der Waals surface area (Å²) >= 11 is 10.3. The second kappa shape index (κ2) is 6.97. The Kier molecular flexibility index (Phi) is 5.91. The van der Waals surface area contributed by atoms with Crippen LogP contribution in [0, 0.1) is 9.02 Å². The van der Waals surface area contributed by atoms with Crippen LogP contribution in [0.15, 0.2) is 0 Å². The second-order valence-electron chi connectivity index (χ2n) is 3.72. The highest BCUT2D eigenvalue weighted by Gasteiger charge is 2.17. The van der Waals surface area contributed by atoms with Crippen molar-refractivity contribution >= 4 is 24.4 Å². The van der Waals surface area contributed by atoms with Crippen molar-refractivity contribution in [2.45, 2.75) is 39.5 Å². The van der Waals surface area contributed by atoms with E-state index in [1.165, 1.54) is 0 Å². The molecule has 0 atom stereocenters. The Morgan fingerprint density at radius 3 is 1.50 bits per heavy atom. The molecule has 1 aromatic rings. The molecule has 1 rings (SSSR count). The molecule has 0 aromatic heterocycles. The molecular weight excluding hydrogens is 240 g/mol. The average Bonchev–Trinajstić information content (AvgIpc) is 2.31. The minimum Gasteiger partial charge on any atom is -0.488 e. The van der Waals surface area contributed by atoms with E-state index in [9.17, 15) is 0 Å². The van der Waals surface area contributed by atoms with Crippen LogP contribution in [0.3, 0.4) is 0 Å². The quantitative estimate of drug-likeness (QED) is 0.508. The summed E-state index contributed by atoms with van der Waals surface area (Å²) in [6, 6.07) is 0. The Morgan fingerprint density at radius 1 is 0.812 bits per heavy atom. The highest BCUT2D eigenvalue weighted by Crippen LogP contribution is 2.37. The summed E-state index contributed by atoms with van der Waals surface area (Å²) in [6.07, 6.45) is 4.27. The average molecular weight is 258 g/mol. The summed E-state index contributed by atoms with van der Waals surface area (Å²) in [4.78, 5) is 0. The maximum atomic E-state index is 5.57. The second-order valence-corrected chi connectivity index (χ2v) is 4.54. The van der Waals surface area contributed by atoms with Crippen LogP contribution in [-0.2, 0) is 0 Å². The molecule has 0 fully saturated rings. The lowest BCUT2D eigenvalue weighted by Gasteiger charge is -2.15. The molecule has 0 aliphatic rings. The van der Waals surface area contributed by atoms with E-state index in [1.54, 1.807) is 0 Å². The van der Waals surface area contributed by atoms with Crippen molar-refractivity contribution in [3.63, 3.8) is 0 Å². The first-order valence-electron chi connectivity index (χ1n) is 5.81. The zero-order valence-corrected chi connectivity index (χ0v) is 11.5. The van der Waals surface area contributed by atoms with Crippen molar-refractivity contribution in [2.75, 3.05) is 13.2 Å². The Morgan fingerprint density at radius 2 is 1.19 bits per heavy atom. The third-order valence-electron chi connectivity index (χ3n) is 2.31. The molecule has 0 heterocycles. The van der Waals surface area contributed by atoms with E-state index >= 15 is 0 Å². The molecule has 0 N–H and O–H groups in total. The van der Waals surface area contributed by atoms with E-state index in [-0.39, 0.29) is 0 Å². The van der Waals surface area contributed by atoms with Gasteiger partial charge in [0, 0.05) is 0 Å². The fraction of sp³-hybridized carbons (Fsp3) is 0.667. The van der Waals surface area contributed by atoms with Crippen molar-refractivity contribution < 1.29 is 9.47 Å². The van der Waals surface area contributed by atoms with Crippen LogP contribution in [0.4, 0.5) is 0 Å². The summed E-state index contributed by atoms with van der Waals surface area (Å²) < 4.78 is 12.4. The molecule has 16 heavy (non-hydrogen) atoms. The van der Waals surface area contributed by atoms with Gasteiger partial charge in [-0.1, -0.05) is 51.1 Å². The third-order valence-corrected chi connectivity index (χ3v) is 3.22. The minimum atomic E-state index is 0.651. The molecule has 0 aliphatic heterocycles. The molecule has 0 bridgehead atoms. The number of hydrogen-bond donors (Lipinski definition) is 0. The van der Waals surface area contributed by atoms with E-state index in [0.717, 1.165) is 25.7 Å². The molecular formula is C12H18O2S2. The number of rotatable bonds is 8. The number of hydrogen-bond acceptors (Lipinski definition) is 4. The van der Waals surface area contributed by atoms with Gasteiger partial charge in [0.15, 0.2) is 11.5 Å². The van der Waals surface area contributed by atoms with Gasteiger partial charge in [0.1, 0.15) is 9.02 Å². The van der Waals surface area contributed by atoms with Crippen LogP contribution in [0.1, 0.15) is 39.5 Å². The van der Waals surface area contributed by atoms with Gasteiger partial charge in [0.25, 0.3) is 0 Å². The van der Waals surface area contributed by atoms with Crippen LogP contribution in [0.2, 0.25) is 0 Å². The first-order chi connectivity index (χ1) is 7.72. The lowest BCUT2D eigenvalue weighted by Crippen LogP contribution is -2.06. The normalized spacial score (nSPS) is 10.6. The van der Waals surface area contributed by atoms with Gasteiger partial charge in [-0.15, -0.1) is 0 Å². The molecule has 0 saturated carbocycles. The van der Waals surface area contributed by atoms with E-state index in [2.05, 4.69) is 13.8 Å². The van der Waals surface area contributed by atoms with Crippen LogP contribution >= 0.6 is 24.4 Å². The first-order valence-corrected chi connectivity index (χ1v) is 6.62. The molecule has 90 valence electrons. The number of ether oxygens (including phenoxy) is 2. The maximum Gasteiger partial charge on any atom is 0.182 e. The smallest absolute Gasteiger partial charge is 0.182 e. The first kappa shape index (κ1) is 13.6. The molecule has 0 amide bonds. The monoisotopic (exact) mass is 258 g/mol. The van der Waals surface area contributed by atoms with Crippen LogP contribution in [-0.4, -0.2) is 13.2 Å². The lowest BCUT2D eigenvalue weighted by atomic mass is 10.2. The zero-order chi connectivity index (χ0) is 12.0. The fourth-order valence-corrected chi connectivity index (χ4v) is 1.74. The lowest BCUT2D eigenvalue weighted by molar-refractivity contribution is 0.254. The van der Waals surface area contributed by atoms with Crippen LogP contribution in [0.5, 0.6) is 11.5 Å². The van der Waals surface area contributed by atoms with Crippen LogP contribution in [0.25, 0.3) is 0 Å². The molecule has 0 radical (unpaired) electrons. The minimum absolute atomic E-state index is 0.651. The Balaban J connectivity index is 2.52. The largest absolute Gasteiger partial charge is 0.488 e. The molecule has 0 saturated heterocycles. The predicted molar refractivity (Wildman–Crippen MR) is 71.3 cm³/mol. The van der Waals surface area contributed by atoms with E-state index in [0.29, 0.717) is 33.7 Å². The van der Waals surface area contributed by atoms with E-state index < -0.39 is 0 Å². The van der Waals surface area contributed by atoms with Gasteiger partial charge in [0.2, 0.25) is 0 Å². The Labute approximate surface area is 107 Å². The highest BCUT2D eigenvalue weighted by molar-refractivity contribution is 7.74. The molecule has 4 heteroatoms. The molecule has 0 spiro atoms. The third kappa shape index (κ3) is 3.25. The molecule has 0 aliphatic carbocycles. The highest BCUT2D eigenvalue weighted by atomic mass is 32.1.